The average molecular weight is 226 g/mol. The van der Waals surface area contributed by atoms with Crippen molar-refractivity contribution >= 4 is 0 Å². The van der Waals surface area contributed by atoms with Crippen molar-refractivity contribution < 1.29 is 0 Å². The van der Waals surface area contributed by atoms with Crippen LogP contribution in [-0.4, -0.2) is 37.1 Å². The zero-order chi connectivity index (χ0) is 12.2. The minimum absolute atomic E-state index is 0.367. The Labute approximate surface area is 102 Å². The van der Waals surface area contributed by atoms with Gasteiger partial charge < -0.3 is 10.2 Å². The molecular formula is C14H30N2. The van der Waals surface area contributed by atoms with Gasteiger partial charge in [-0.15, -0.1) is 0 Å². The molecule has 1 atom stereocenters. The third-order valence-electron chi connectivity index (χ3n) is 4.16. The maximum Gasteiger partial charge on any atom is 0.0107 e. The lowest BCUT2D eigenvalue weighted by atomic mass is 9.88. The van der Waals surface area contributed by atoms with E-state index in [2.05, 4.69) is 45.0 Å². The molecule has 0 aromatic heterocycles. The predicted octanol–water partition coefficient (Wildman–Crippen LogP) is 2.89. The Morgan fingerprint density at radius 3 is 2.31 bits per heavy atom. The van der Waals surface area contributed by atoms with Gasteiger partial charge in [0.25, 0.3) is 0 Å². The highest BCUT2D eigenvalue weighted by molar-refractivity contribution is 4.78. The lowest BCUT2D eigenvalue weighted by Crippen LogP contribution is -2.42. The van der Waals surface area contributed by atoms with Gasteiger partial charge in [0.05, 0.1) is 0 Å². The summed E-state index contributed by atoms with van der Waals surface area (Å²) < 4.78 is 0. The van der Waals surface area contributed by atoms with Gasteiger partial charge in [0.15, 0.2) is 0 Å². The summed E-state index contributed by atoms with van der Waals surface area (Å²) in [6, 6.07) is 1.44. The van der Waals surface area contributed by atoms with Crippen LogP contribution in [0.4, 0.5) is 0 Å². The second-order valence-electron chi connectivity index (χ2n) is 6.46. The van der Waals surface area contributed by atoms with Crippen molar-refractivity contribution in [2.24, 2.45) is 5.41 Å². The molecule has 1 unspecified atom stereocenters. The fraction of sp³-hybridized carbons (Fsp3) is 1.00. The monoisotopic (exact) mass is 226 g/mol. The molecule has 0 saturated heterocycles. The van der Waals surface area contributed by atoms with E-state index in [4.69, 9.17) is 0 Å². The minimum atomic E-state index is 0.367. The summed E-state index contributed by atoms with van der Waals surface area (Å²) >= 11 is 0. The molecule has 0 amide bonds. The van der Waals surface area contributed by atoms with Crippen LogP contribution in [0, 0.1) is 5.41 Å². The van der Waals surface area contributed by atoms with Crippen LogP contribution in [0.15, 0.2) is 0 Å². The van der Waals surface area contributed by atoms with Crippen LogP contribution in [0.1, 0.15) is 53.4 Å². The molecule has 0 heterocycles. The van der Waals surface area contributed by atoms with Crippen molar-refractivity contribution in [2.45, 2.75) is 65.5 Å². The van der Waals surface area contributed by atoms with Crippen LogP contribution in [0.25, 0.3) is 0 Å². The molecule has 1 N–H and O–H groups in total. The summed E-state index contributed by atoms with van der Waals surface area (Å²) in [5, 5.41) is 3.64. The van der Waals surface area contributed by atoms with E-state index in [1.165, 1.54) is 32.2 Å². The molecule has 1 fully saturated rings. The smallest absolute Gasteiger partial charge is 0.0107 e. The second kappa shape index (κ2) is 6.02. The fourth-order valence-corrected chi connectivity index (χ4v) is 2.29. The van der Waals surface area contributed by atoms with Gasteiger partial charge in [-0.25, -0.2) is 0 Å². The van der Waals surface area contributed by atoms with E-state index < -0.39 is 0 Å². The molecule has 0 bridgehead atoms. The Morgan fingerprint density at radius 2 is 1.81 bits per heavy atom. The molecule has 0 radical (unpaired) electrons. The number of nitrogens with zero attached hydrogens (tertiary/aromatic N) is 1. The molecule has 1 aliphatic carbocycles. The average Bonchev–Trinajstić information content (AvgIpc) is 2.68. The van der Waals surface area contributed by atoms with Gasteiger partial charge in [0.1, 0.15) is 0 Å². The van der Waals surface area contributed by atoms with Gasteiger partial charge in [-0.3, -0.25) is 0 Å². The van der Waals surface area contributed by atoms with Crippen molar-refractivity contribution in [1.29, 1.82) is 0 Å². The lowest BCUT2D eigenvalue weighted by Gasteiger charge is -2.30. The van der Waals surface area contributed by atoms with Gasteiger partial charge in [-0.1, -0.05) is 33.6 Å². The third-order valence-corrected chi connectivity index (χ3v) is 4.16. The zero-order valence-electron chi connectivity index (χ0n) is 11.8. The van der Waals surface area contributed by atoms with Gasteiger partial charge >= 0.3 is 0 Å². The second-order valence-corrected chi connectivity index (χ2v) is 6.46. The molecule has 2 heteroatoms. The Morgan fingerprint density at radius 1 is 1.25 bits per heavy atom. The quantitative estimate of drug-likeness (QED) is 0.775. The van der Waals surface area contributed by atoms with Gasteiger partial charge in [0, 0.05) is 25.2 Å². The minimum Gasteiger partial charge on any atom is -0.312 e. The van der Waals surface area contributed by atoms with Crippen LogP contribution in [-0.2, 0) is 0 Å². The van der Waals surface area contributed by atoms with E-state index in [9.17, 15) is 0 Å². The van der Waals surface area contributed by atoms with Crippen LogP contribution in [0.3, 0.4) is 0 Å². The van der Waals surface area contributed by atoms with Gasteiger partial charge in [0.2, 0.25) is 0 Å². The first-order valence-electron chi connectivity index (χ1n) is 6.85. The summed E-state index contributed by atoms with van der Waals surface area (Å²) in [5.41, 5.74) is 0.367. The van der Waals surface area contributed by atoms with Crippen LogP contribution >= 0.6 is 0 Å². The summed E-state index contributed by atoms with van der Waals surface area (Å²) in [5.74, 6) is 0. The molecule has 0 spiro atoms. The molecule has 1 saturated carbocycles. The highest BCUT2D eigenvalue weighted by Crippen LogP contribution is 2.22. The zero-order valence-corrected chi connectivity index (χ0v) is 11.8. The van der Waals surface area contributed by atoms with Crippen LogP contribution in [0.5, 0.6) is 0 Å². The summed E-state index contributed by atoms with van der Waals surface area (Å²) in [7, 11) is 2.28. The molecule has 0 aliphatic heterocycles. The topological polar surface area (TPSA) is 15.3 Å². The van der Waals surface area contributed by atoms with Crippen molar-refractivity contribution in [2.75, 3.05) is 20.1 Å². The first kappa shape index (κ1) is 14.0. The van der Waals surface area contributed by atoms with E-state index >= 15 is 0 Å². The molecule has 0 aromatic rings. The Bertz CT molecular complexity index is 189. The van der Waals surface area contributed by atoms with E-state index in [-0.39, 0.29) is 0 Å². The lowest BCUT2D eigenvalue weighted by molar-refractivity contribution is 0.225. The highest BCUT2D eigenvalue weighted by atomic mass is 15.1. The molecule has 96 valence electrons. The largest absolute Gasteiger partial charge is 0.312 e. The normalized spacial score (nSPS) is 20.6. The highest BCUT2D eigenvalue weighted by Gasteiger charge is 2.21. The van der Waals surface area contributed by atoms with Crippen molar-refractivity contribution in [1.82, 2.24) is 10.2 Å². The molecule has 0 aromatic carbocycles. The molecule has 1 aliphatic rings. The molecule has 16 heavy (non-hydrogen) atoms. The summed E-state index contributed by atoms with van der Waals surface area (Å²) in [4.78, 5) is 2.54. The number of rotatable bonds is 5. The Balaban J connectivity index is 2.14. The van der Waals surface area contributed by atoms with Crippen LogP contribution in [0.2, 0.25) is 0 Å². The van der Waals surface area contributed by atoms with Crippen molar-refractivity contribution in [3.63, 3.8) is 0 Å². The Kier molecular flexibility index (Phi) is 5.26. The summed E-state index contributed by atoms with van der Waals surface area (Å²) in [6.07, 6.45) is 5.68. The third kappa shape index (κ3) is 4.42. The maximum atomic E-state index is 3.64. The number of hydrogen-bond donors (Lipinski definition) is 1. The van der Waals surface area contributed by atoms with E-state index in [0.29, 0.717) is 11.5 Å². The SMILES string of the molecule is CC(NCCN(C)C1CCCC1)C(C)(C)C. The number of nitrogens with one attached hydrogen (secondary N) is 1. The first-order valence-corrected chi connectivity index (χ1v) is 6.85. The predicted molar refractivity (Wildman–Crippen MR) is 71.8 cm³/mol. The Hall–Kier alpha value is -0.0800. The fourth-order valence-electron chi connectivity index (χ4n) is 2.29. The van der Waals surface area contributed by atoms with Crippen molar-refractivity contribution in [3.8, 4) is 0 Å². The first-order chi connectivity index (χ1) is 7.41. The van der Waals surface area contributed by atoms with Gasteiger partial charge in [-0.2, -0.15) is 0 Å². The molecular weight excluding hydrogens is 196 g/mol. The summed E-state index contributed by atoms with van der Waals surface area (Å²) in [6.45, 7) is 11.5. The van der Waals surface area contributed by atoms with Crippen LogP contribution < -0.4 is 5.32 Å². The maximum absolute atomic E-state index is 3.64. The van der Waals surface area contributed by atoms with E-state index in [1.54, 1.807) is 0 Å². The molecule has 1 rings (SSSR count). The number of likely N-dealkylation sites (N-methyl/N-ethyl adjacent to an activating group) is 1. The van der Waals surface area contributed by atoms with Gasteiger partial charge in [-0.05, 0) is 32.2 Å². The van der Waals surface area contributed by atoms with E-state index in [1.807, 2.05) is 0 Å². The van der Waals surface area contributed by atoms with Crippen molar-refractivity contribution in [3.05, 3.63) is 0 Å². The standard InChI is InChI=1S/C14H30N2/c1-12(14(2,3)4)15-10-11-16(5)13-8-6-7-9-13/h12-13,15H,6-11H2,1-5H3. The number of hydrogen-bond acceptors (Lipinski definition) is 2. The van der Waals surface area contributed by atoms with E-state index in [0.717, 1.165) is 12.6 Å². The molecule has 2 nitrogen and oxygen atoms in total.